The molecule has 0 aliphatic heterocycles. The van der Waals surface area contributed by atoms with Crippen molar-refractivity contribution < 1.29 is 14.7 Å². The molecule has 0 unspecified atom stereocenters. The van der Waals surface area contributed by atoms with Crippen molar-refractivity contribution in [1.29, 1.82) is 0 Å². The van der Waals surface area contributed by atoms with E-state index in [0.29, 0.717) is 23.4 Å². The second-order valence-corrected chi connectivity index (χ2v) is 4.64. The summed E-state index contributed by atoms with van der Waals surface area (Å²) < 4.78 is 0. The summed E-state index contributed by atoms with van der Waals surface area (Å²) in [5, 5.41) is 11.4. The molecule has 5 nitrogen and oxygen atoms in total. The third-order valence-corrected chi connectivity index (χ3v) is 3.02. The third-order valence-electron chi connectivity index (χ3n) is 3.02. The van der Waals surface area contributed by atoms with Crippen molar-refractivity contribution in [2.75, 3.05) is 11.1 Å². The van der Waals surface area contributed by atoms with Crippen LogP contribution in [-0.4, -0.2) is 17.0 Å². The Kier molecular flexibility index (Phi) is 4.56. The lowest BCUT2D eigenvalue weighted by atomic mass is 10.1. The van der Waals surface area contributed by atoms with Gasteiger partial charge in [0.15, 0.2) is 0 Å². The first-order valence-corrected chi connectivity index (χ1v) is 6.53. The van der Waals surface area contributed by atoms with Crippen molar-refractivity contribution in [3.05, 3.63) is 59.7 Å². The van der Waals surface area contributed by atoms with E-state index >= 15 is 0 Å². The van der Waals surface area contributed by atoms with Crippen LogP contribution in [-0.2, 0) is 11.2 Å². The number of carbonyl (C=O) groups excluding carboxylic acids is 1. The monoisotopic (exact) mass is 284 g/mol. The molecule has 0 radical (unpaired) electrons. The van der Waals surface area contributed by atoms with Crippen molar-refractivity contribution in [3.8, 4) is 0 Å². The number of rotatable bonds is 5. The minimum Gasteiger partial charge on any atom is -0.481 e. The lowest BCUT2D eigenvalue weighted by Gasteiger charge is -2.08. The molecule has 0 saturated carbocycles. The van der Waals surface area contributed by atoms with Crippen LogP contribution in [0.4, 0.5) is 11.4 Å². The van der Waals surface area contributed by atoms with Crippen LogP contribution in [0.5, 0.6) is 0 Å². The first-order chi connectivity index (χ1) is 10.1. The van der Waals surface area contributed by atoms with Crippen molar-refractivity contribution in [1.82, 2.24) is 0 Å². The van der Waals surface area contributed by atoms with Gasteiger partial charge < -0.3 is 16.2 Å². The fourth-order valence-corrected chi connectivity index (χ4v) is 1.96. The molecule has 21 heavy (non-hydrogen) atoms. The predicted octanol–water partition coefficient (Wildman–Crippen LogP) is 2.54. The zero-order chi connectivity index (χ0) is 15.2. The molecule has 0 aromatic heterocycles. The maximum Gasteiger partial charge on any atom is 0.303 e. The molecule has 0 heterocycles. The Morgan fingerprint density at radius 3 is 2.57 bits per heavy atom. The number of hydrogen-bond acceptors (Lipinski definition) is 3. The molecule has 0 bridgehead atoms. The molecular formula is C16H16N2O3. The average molecular weight is 284 g/mol. The Morgan fingerprint density at radius 1 is 1.10 bits per heavy atom. The molecule has 0 spiro atoms. The lowest BCUT2D eigenvalue weighted by Crippen LogP contribution is -2.14. The van der Waals surface area contributed by atoms with E-state index in [1.165, 1.54) is 0 Å². The number of carboxylic acid groups (broad SMARTS) is 1. The van der Waals surface area contributed by atoms with Crippen LogP contribution in [0.1, 0.15) is 22.3 Å². The molecule has 1 amide bonds. The van der Waals surface area contributed by atoms with E-state index < -0.39 is 5.97 Å². The summed E-state index contributed by atoms with van der Waals surface area (Å²) in [5.41, 5.74) is 8.06. The first kappa shape index (κ1) is 14.6. The van der Waals surface area contributed by atoms with E-state index in [4.69, 9.17) is 10.8 Å². The molecule has 0 aliphatic rings. The molecule has 0 atom stereocenters. The van der Waals surface area contributed by atoms with Crippen LogP contribution in [0.2, 0.25) is 0 Å². The molecule has 108 valence electrons. The average Bonchev–Trinajstić information content (AvgIpc) is 2.46. The number of amides is 1. The van der Waals surface area contributed by atoms with Crippen molar-refractivity contribution in [3.63, 3.8) is 0 Å². The van der Waals surface area contributed by atoms with Crippen LogP contribution < -0.4 is 11.1 Å². The Balaban J connectivity index is 2.09. The zero-order valence-electron chi connectivity index (χ0n) is 11.4. The quantitative estimate of drug-likeness (QED) is 0.736. The van der Waals surface area contributed by atoms with Gasteiger partial charge in [-0.1, -0.05) is 24.3 Å². The van der Waals surface area contributed by atoms with E-state index in [9.17, 15) is 9.59 Å². The third kappa shape index (κ3) is 4.07. The Hall–Kier alpha value is -2.82. The highest BCUT2D eigenvalue weighted by molar-refractivity contribution is 6.07. The highest BCUT2D eigenvalue weighted by atomic mass is 16.4. The molecule has 0 saturated heterocycles. The number of carboxylic acids is 1. The highest BCUT2D eigenvalue weighted by Gasteiger charge is 2.09. The number of carbonyl (C=O) groups is 2. The highest BCUT2D eigenvalue weighted by Crippen LogP contribution is 2.16. The minimum atomic E-state index is -0.846. The van der Waals surface area contributed by atoms with Crippen LogP contribution in [0.15, 0.2) is 48.5 Å². The van der Waals surface area contributed by atoms with Gasteiger partial charge in [0.1, 0.15) is 0 Å². The van der Waals surface area contributed by atoms with Gasteiger partial charge in [-0.15, -0.1) is 0 Å². The van der Waals surface area contributed by atoms with Gasteiger partial charge in [-0.05, 0) is 36.2 Å². The molecule has 2 rings (SSSR count). The Bertz CT molecular complexity index is 668. The molecule has 4 N–H and O–H groups in total. The van der Waals surface area contributed by atoms with E-state index in [-0.39, 0.29) is 12.3 Å². The number of anilines is 2. The number of hydrogen-bond donors (Lipinski definition) is 3. The van der Waals surface area contributed by atoms with Crippen LogP contribution in [0.3, 0.4) is 0 Å². The van der Waals surface area contributed by atoms with Gasteiger partial charge >= 0.3 is 5.97 Å². The summed E-state index contributed by atoms with van der Waals surface area (Å²) in [4.78, 5) is 22.7. The number of benzene rings is 2. The van der Waals surface area contributed by atoms with Crippen molar-refractivity contribution >= 4 is 23.3 Å². The minimum absolute atomic E-state index is 0.0586. The van der Waals surface area contributed by atoms with Gasteiger partial charge in [-0.25, -0.2) is 0 Å². The van der Waals surface area contributed by atoms with Gasteiger partial charge in [0.25, 0.3) is 5.91 Å². The summed E-state index contributed by atoms with van der Waals surface area (Å²) in [6, 6.07) is 13.9. The molecule has 0 fully saturated rings. The standard InChI is InChI=1S/C16H16N2O3/c17-14-7-2-1-6-13(14)16(21)18-12-5-3-4-11(10-12)8-9-15(19)20/h1-7,10H,8-9,17H2,(H,18,21)(H,19,20). The maximum absolute atomic E-state index is 12.1. The number of nitrogens with one attached hydrogen (secondary N) is 1. The van der Waals surface area contributed by atoms with Crippen LogP contribution in [0, 0.1) is 0 Å². The summed E-state index contributed by atoms with van der Waals surface area (Å²) >= 11 is 0. The second-order valence-electron chi connectivity index (χ2n) is 4.64. The van der Waals surface area contributed by atoms with Gasteiger partial charge in [-0.2, -0.15) is 0 Å². The maximum atomic E-state index is 12.1. The molecule has 2 aromatic carbocycles. The topological polar surface area (TPSA) is 92.4 Å². The Morgan fingerprint density at radius 2 is 1.86 bits per heavy atom. The predicted molar refractivity (Wildman–Crippen MR) is 81.2 cm³/mol. The largest absolute Gasteiger partial charge is 0.481 e. The van der Waals surface area contributed by atoms with E-state index in [2.05, 4.69) is 5.32 Å². The van der Waals surface area contributed by atoms with Crippen molar-refractivity contribution in [2.24, 2.45) is 0 Å². The number of nitrogen functional groups attached to an aromatic ring is 1. The molecule has 5 heteroatoms. The molecule has 0 aliphatic carbocycles. The van der Waals surface area contributed by atoms with Gasteiger partial charge in [-0.3, -0.25) is 9.59 Å². The van der Waals surface area contributed by atoms with Gasteiger partial charge in [0, 0.05) is 17.8 Å². The second kappa shape index (κ2) is 6.56. The smallest absolute Gasteiger partial charge is 0.303 e. The van der Waals surface area contributed by atoms with Gasteiger partial charge in [0.2, 0.25) is 0 Å². The summed E-state index contributed by atoms with van der Waals surface area (Å²) in [5.74, 6) is -1.13. The number of para-hydroxylation sites is 1. The normalized spacial score (nSPS) is 10.1. The fraction of sp³-hybridized carbons (Fsp3) is 0.125. The lowest BCUT2D eigenvalue weighted by molar-refractivity contribution is -0.136. The fourth-order valence-electron chi connectivity index (χ4n) is 1.96. The summed E-state index contributed by atoms with van der Waals surface area (Å²) in [6.45, 7) is 0. The van der Waals surface area contributed by atoms with Crippen LogP contribution >= 0.6 is 0 Å². The number of aryl methyl sites for hydroxylation is 1. The number of nitrogens with two attached hydrogens (primary N) is 1. The van der Waals surface area contributed by atoms with Crippen LogP contribution in [0.25, 0.3) is 0 Å². The summed E-state index contributed by atoms with van der Waals surface area (Å²) in [7, 11) is 0. The van der Waals surface area contributed by atoms with E-state index in [1.807, 2.05) is 6.07 Å². The SMILES string of the molecule is Nc1ccccc1C(=O)Nc1cccc(CCC(=O)O)c1. The zero-order valence-corrected chi connectivity index (χ0v) is 11.4. The molecular weight excluding hydrogens is 268 g/mol. The van der Waals surface area contributed by atoms with E-state index in [1.54, 1.807) is 42.5 Å². The first-order valence-electron chi connectivity index (χ1n) is 6.53. The van der Waals surface area contributed by atoms with E-state index in [0.717, 1.165) is 5.56 Å². The number of aliphatic carboxylic acids is 1. The Labute approximate surface area is 122 Å². The summed E-state index contributed by atoms with van der Waals surface area (Å²) in [6.07, 6.45) is 0.482. The molecule has 2 aromatic rings. The van der Waals surface area contributed by atoms with Crippen molar-refractivity contribution in [2.45, 2.75) is 12.8 Å². The van der Waals surface area contributed by atoms with Gasteiger partial charge in [0.05, 0.1) is 5.56 Å².